The molecule has 0 saturated carbocycles. The molecule has 0 atom stereocenters. The van der Waals surface area contributed by atoms with E-state index in [4.69, 9.17) is 27.3 Å². The Bertz CT molecular complexity index is 4270. The van der Waals surface area contributed by atoms with E-state index in [2.05, 4.69) is 40.7 Å². The Kier molecular flexibility index (Phi) is 27.4. The standard InChI is InChI=1S/C19H12F4N4O2.C18H11F4N3O.C18H10F4N2O2.C2H3N.CClNO3S.H3N.H2O/c20-9-4-5-10(14(23)8-9)16-11(18(24)28)6-7-15(26-16)27(19(25)29)17-12(21)2-1-3-13(17)22;19-9-4-5-10(14(22)8-9)16-11(18(23)26)6-7-15(24-16)25-17-12(20)2-1-3-13(17)21;19-9-4-5-10(14(22)8-9)16-11(18(25)26)6-7-15(23-16)24-17-12(20)2-1-3-13(17)21;1-2-3;2-7(5,6)3-1-4;;/h1-8H,(H2,24,28)(H2,25,29);1-8H,(H2,23,26)(H,24,25);1-8H,(H,23,24)(H,25,26);1H3;;1H3;1H2. The van der Waals surface area contributed by atoms with Gasteiger partial charge in [0.2, 0.25) is 0 Å². The lowest BCUT2D eigenvalue weighted by Crippen LogP contribution is -2.33. The van der Waals surface area contributed by atoms with Crippen molar-refractivity contribution in [3.8, 4) is 39.8 Å². The molecular weight excluding hydrogens is 1300 g/mol. The Morgan fingerprint density at radius 2 is 0.849 bits per heavy atom. The van der Waals surface area contributed by atoms with E-state index in [1.165, 1.54) is 37.3 Å². The number of aromatic nitrogens is 3. The van der Waals surface area contributed by atoms with Gasteiger partial charge in [-0.2, -0.15) is 13.7 Å². The number of hydrogen-bond acceptors (Lipinski definition) is 14. The number of carboxylic acids is 1. The largest absolute Gasteiger partial charge is 0.478 e. The first-order valence-corrected chi connectivity index (χ1v) is 26.7. The first kappa shape index (κ1) is 75.5. The lowest BCUT2D eigenvalue weighted by Gasteiger charge is -2.22. The Morgan fingerprint density at radius 1 is 0.527 bits per heavy atom. The monoisotopic (exact) mass is 1340 g/mol. The summed E-state index contributed by atoms with van der Waals surface area (Å²) in [5, 5.41) is 21.4. The minimum atomic E-state index is -4.00. The summed E-state index contributed by atoms with van der Waals surface area (Å²) in [4.78, 5) is 68.1. The summed E-state index contributed by atoms with van der Waals surface area (Å²) in [6.07, 6.45) is 0.763. The van der Waals surface area contributed by atoms with Crippen molar-refractivity contribution >= 4 is 84.3 Å². The van der Waals surface area contributed by atoms with Crippen molar-refractivity contribution in [2.24, 2.45) is 21.6 Å². The van der Waals surface area contributed by atoms with Gasteiger partial charge in [-0.1, -0.05) is 22.6 Å². The van der Waals surface area contributed by atoms with Crippen molar-refractivity contribution in [1.82, 2.24) is 21.1 Å². The first-order valence-electron chi connectivity index (χ1n) is 24.4. The molecule has 3 heterocycles. The number of nitriles is 1. The molecule has 0 saturated heterocycles. The minimum absolute atomic E-state index is 0. The number of pyridine rings is 3. The van der Waals surface area contributed by atoms with Gasteiger partial charge >= 0.3 is 21.2 Å². The molecule has 3 aromatic heterocycles. The highest BCUT2D eigenvalue weighted by atomic mass is 35.7. The number of nitrogens with one attached hydrogen (secondary N) is 2. The van der Waals surface area contributed by atoms with E-state index in [1.54, 1.807) is 6.07 Å². The number of carbonyl (C=O) groups excluding carboxylic acids is 4. The number of carbonyl (C=O) groups is 4. The molecule has 0 spiro atoms. The van der Waals surface area contributed by atoms with Crippen LogP contribution in [0.2, 0.25) is 0 Å². The molecule has 484 valence electrons. The molecule has 21 nitrogen and oxygen atoms in total. The number of carboxylic acid groups (broad SMARTS) is 1. The van der Waals surface area contributed by atoms with E-state index >= 15 is 0 Å². The molecule has 9 rings (SSSR count). The maximum absolute atomic E-state index is 14.3. The highest BCUT2D eigenvalue weighted by Crippen LogP contribution is 2.35. The summed E-state index contributed by atoms with van der Waals surface area (Å²) in [6, 6.07) is 24.5. The van der Waals surface area contributed by atoms with Crippen LogP contribution in [0.4, 0.5) is 92.0 Å². The molecule has 35 heteroatoms. The molecule has 0 radical (unpaired) electrons. The highest BCUT2D eigenvalue weighted by molar-refractivity contribution is 8.12. The average Bonchev–Trinajstić information content (AvgIpc) is 0.822. The van der Waals surface area contributed by atoms with Crippen molar-refractivity contribution in [2.75, 3.05) is 15.5 Å². The molecule has 93 heavy (non-hydrogen) atoms. The molecule has 0 fully saturated rings. The number of isocyanates is 1. The predicted octanol–water partition coefficient (Wildman–Crippen LogP) is 12.2. The molecule has 14 N–H and O–H groups in total. The number of urea groups is 1. The predicted molar refractivity (Wildman–Crippen MR) is 313 cm³/mol. The quantitative estimate of drug-likeness (QED) is 0.0244. The first-order chi connectivity index (χ1) is 42.9. The molecule has 0 aliphatic rings. The molecule has 6 aromatic carbocycles. The smallest absolute Gasteiger partial charge is 0.350 e. The van der Waals surface area contributed by atoms with Crippen LogP contribution >= 0.6 is 10.7 Å². The Labute approximate surface area is 520 Å². The van der Waals surface area contributed by atoms with Gasteiger partial charge in [-0.25, -0.2) is 86.9 Å². The SMILES string of the molecule is CC#N.N.NC(=O)c1ccc(N(C(N)=O)c2c(F)cccc2F)nc1-c1ccc(F)cc1F.NC(=O)c1ccc(Nc2c(F)cccc2F)nc1-c1ccc(F)cc1F.O.O=C(O)c1ccc(Nc2c(F)cccc2F)nc1-c1ccc(F)cc1F.O=C=NS(=O)(=O)Cl. The second-order valence-electron chi connectivity index (χ2n) is 17.2. The lowest BCUT2D eigenvalue weighted by molar-refractivity contribution is 0.0696. The van der Waals surface area contributed by atoms with Gasteiger partial charge in [0.05, 0.1) is 39.8 Å². The van der Waals surface area contributed by atoms with Crippen molar-refractivity contribution in [2.45, 2.75) is 6.92 Å². The normalized spacial score (nSPS) is 10.1. The maximum atomic E-state index is 14.3. The fraction of sp³-hybridized carbons (Fsp3) is 0.0172. The zero-order valence-electron chi connectivity index (χ0n) is 46.6. The number of para-hydroxylation sites is 3. The molecule has 0 aliphatic carbocycles. The van der Waals surface area contributed by atoms with Crippen LogP contribution in [0.1, 0.15) is 38.0 Å². The fourth-order valence-electron chi connectivity index (χ4n) is 7.44. The van der Waals surface area contributed by atoms with E-state index in [0.29, 0.717) is 23.1 Å². The number of hydrogen-bond donors (Lipinski definition) is 7. The number of nitrogens with zero attached hydrogens (tertiary/aromatic N) is 6. The number of benzene rings is 6. The van der Waals surface area contributed by atoms with Crippen LogP contribution in [-0.2, 0) is 14.0 Å². The van der Waals surface area contributed by atoms with E-state index in [9.17, 15) is 85.4 Å². The van der Waals surface area contributed by atoms with E-state index in [1.807, 2.05) is 0 Å². The second-order valence-corrected chi connectivity index (χ2v) is 19.3. The average molecular weight is 1350 g/mol. The third kappa shape index (κ3) is 20.1. The summed E-state index contributed by atoms with van der Waals surface area (Å²) >= 11 is 0. The van der Waals surface area contributed by atoms with Gasteiger partial charge in [0.1, 0.15) is 104 Å². The van der Waals surface area contributed by atoms with Crippen LogP contribution in [0.25, 0.3) is 33.8 Å². The molecule has 0 aliphatic heterocycles. The summed E-state index contributed by atoms with van der Waals surface area (Å²) in [5.41, 5.74) is 11.7. The van der Waals surface area contributed by atoms with Gasteiger partial charge in [0.25, 0.3) is 17.9 Å². The lowest BCUT2D eigenvalue weighted by atomic mass is 10.0. The summed E-state index contributed by atoms with van der Waals surface area (Å²) in [6.45, 7) is 1.43. The van der Waals surface area contributed by atoms with Gasteiger partial charge in [0.15, 0.2) is 0 Å². The number of halogens is 13. The molecule has 4 amide bonds. The number of aromatic carboxylic acids is 1. The summed E-state index contributed by atoms with van der Waals surface area (Å²) in [7, 11) is 0.376. The number of primary amides is 3. The van der Waals surface area contributed by atoms with Crippen LogP contribution in [-0.4, -0.2) is 63.8 Å². The number of rotatable bonds is 13. The van der Waals surface area contributed by atoms with Gasteiger partial charge in [-0.3, -0.25) is 9.59 Å². The number of anilines is 6. The third-order valence-electron chi connectivity index (χ3n) is 11.2. The van der Waals surface area contributed by atoms with Crippen molar-refractivity contribution < 1.29 is 95.7 Å². The molecule has 0 unspecified atom stereocenters. The van der Waals surface area contributed by atoms with Crippen LogP contribution in [0.5, 0.6) is 0 Å². The van der Waals surface area contributed by atoms with Gasteiger partial charge in [-0.05, 0) is 109 Å². The van der Waals surface area contributed by atoms with E-state index in [-0.39, 0.29) is 73.7 Å². The van der Waals surface area contributed by atoms with Gasteiger partial charge in [-0.15, -0.1) is 0 Å². The zero-order valence-corrected chi connectivity index (χ0v) is 48.2. The van der Waals surface area contributed by atoms with Crippen LogP contribution in [0.15, 0.2) is 150 Å². The fourth-order valence-corrected chi connectivity index (χ4v) is 7.61. The van der Waals surface area contributed by atoms with Crippen molar-refractivity contribution in [1.29, 1.82) is 5.26 Å². The molecule has 9 aromatic rings. The van der Waals surface area contributed by atoms with Crippen LogP contribution < -0.4 is 38.9 Å². The Balaban J connectivity index is 0.000000335. The van der Waals surface area contributed by atoms with Gasteiger partial charge in [0, 0.05) is 52.5 Å². The van der Waals surface area contributed by atoms with E-state index in [0.717, 1.165) is 103 Å². The minimum Gasteiger partial charge on any atom is -0.478 e. The highest BCUT2D eigenvalue weighted by Gasteiger charge is 2.27. The number of nitrogens with two attached hydrogens (primary N) is 3. The van der Waals surface area contributed by atoms with Crippen LogP contribution in [0.3, 0.4) is 0 Å². The Hall–Kier alpha value is -11.8. The topological polar surface area (TPSA) is 386 Å². The Morgan fingerprint density at radius 3 is 1.15 bits per heavy atom. The molecular formula is C58H41ClF12N12O9S. The van der Waals surface area contributed by atoms with Gasteiger partial charge < -0.3 is 44.6 Å². The summed E-state index contributed by atoms with van der Waals surface area (Å²) < 4.78 is 187. The number of amides is 4. The molecule has 0 bridgehead atoms. The van der Waals surface area contributed by atoms with Crippen LogP contribution in [0, 0.1) is 81.1 Å². The maximum Gasteiger partial charge on any atom is 0.350 e. The van der Waals surface area contributed by atoms with Crippen molar-refractivity contribution in [3.63, 3.8) is 0 Å². The van der Waals surface area contributed by atoms with E-state index < -0.39 is 126 Å². The van der Waals surface area contributed by atoms with Crippen molar-refractivity contribution in [3.05, 3.63) is 232 Å². The third-order valence-corrected chi connectivity index (χ3v) is 11.7. The second kappa shape index (κ2) is 33.7. The zero-order chi connectivity index (χ0) is 67.6. The summed E-state index contributed by atoms with van der Waals surface area (Å²) in [5.74, 6) is -15.2.